The summed E-state index contributed by atoms with van der Waals surface area (Å²) in [5, 5.41) is 63.7. The minimum Gasteiger partial charge on any atom is -0.391 e. The first-order valence-electron chi connectivity index (χ1n) is 24.0. The first kappa shape index (κ1) is 69.6. The quantitative estimate of drug-likeness (QED) is 0.0120. The lowest BCUT2D eigenvalue weighted by molar-refractivity contribution is -0.138. The molecule has 0 bridgehead atoms. The van der Waals surface area contributed by atoms with Crippen LogP contribution in [0.5, 0.6) is 0 Å². The standard InChI is InChI=1S/C43H77N16O15S2/c1-18(33(65)53-24(15-60)10-9-13-49-43(47)48)51-40(72)30(21(4)61)57-34(66)19(2)50-38(70)27(16-75)56-42(74)32(23(6)63)58-35(67)20(3)52-41(73)31(22(5)62)59-37(69)26(14-29(46)64)54-39(71)28(17-76)55-36(68)25(45)11-7-8-12-44/h18-28,30-32,61-63,75-76H,7-14,16-17,44-45H2,1-6H3,(H2,46,64)(H,50,70)(H,51,72)(H,52,73)(H,53,65)(H,54,71)(H,55,68)(H,56,74)(H,57,66)(H,58,67)(H,59,69)(H4,47,48,49)/t18-,19-,20-,21+,22+,23+,24-,25-,26-,27-,28-,30-,31-,32-/m0/s1. The molecule has 1 radical (unpaired) electrons. The molecule has 0 saturated carbocycles. The molecule has 0 saturated heterocycles. The van der Waals surface area contributed by atoms with Crippen molar-refractivity contribution >= 4 is 102 Å². The lowest BCUT2D eigenvalue weighted by Crippen LogP contribution is -2.63. The summed E-state index contributed by atoms with van der Waals surface area (Å²) in [5.41, 5.74) is 21.9. The van der Waals surface area contributed by atoms with Gasteiger partial charge in [0.2, 0.25) is 71.3 Å². The molecule has 0 fully saturated rings. The van der Waals surface area contributed by atoms with Crippen LogP contribution in [0.15, 0.2) is 0 Å². The van der Waals surface area contributed by atoms with E-state index in [2.05, 4.69) is 83.7 Å². The molecular weight excluding hydrogens is 1040 g/mol. The summed E-state index contributed by atoms with van der Waals surface area (Å²) in [7, 11) is 0. The minimum atomic E-state index is -1.85. The number of rotatable bonds is 36. The number of amides is 11. The van der Waals surface area contributed by atoms with Crippen molar-refractivity contribution in [3.63, 3.8) is 0 Å². The number of aliphatic hydroxyl groups excluding tert-OH is 3. The molecule has 0 unspecified atom stereocenters. The Balaban J connectivity index is 5.75. The van der Waals surface area contributed by atoms with Crippen molar-refractivity contribution < 1.29 is 72.9 Å². The second-order valence-corrected chi connectivity index (χ2v) is 18.4. The number of nitrogens with one attached hydrogen (secondary N) is 12. The molecule has 0 rings (SSSR count). The third kappa shape index (κ3) is 25.9. The fourth-order valence-corrected chi connectivity index (χ4v) is 6.89. The summed E-state index contributed by atoms with van der Waals surface area (Å²) in [6, 6.07) is -16.3. The summed E-state index contributed by atoms with van der Waals surface area (Å²) >= 11 is 8.15. The van der Waals surface area contributed by atoms with Gasteiger partial charge in [0.25, 0.3) is 0 Å². The van der Waals surface area contributed by atoms with Crippen LogP contribution in [-0.2, 0) is 57.5 Å². The normalized spacial score (nSPS) is 16.5. The Kier molecular flexibility index (Phi) is 32.8. The predicted molar refractivity (Wildman–Crippen MR) is 279 cm³/mol. The van der Waals surface area contributed by atoms with Crippen molar-refractivity contribution in [2.75, 3.05) is 24.6 Å². The summed E-state index contributed by atoms with van der Waals surface area (Å²) in [4.78, 5) is 155. The van der Waals surface area contributed by atoms with E-state index in [1.165, 1.54) is 13.8 Å². The smallest absolute Gasteiger partial charge is 0.245 e. The average Bonchev–Trinajstić information content (AvgIpc) is 3.34. The van der Waals surface area contributed by atoms with E-state index in [4.69, 9.17) is 28.3 Å². The zero-order chi connectivity index (χ0) is 58.6. The van der Waals surface area contributed by atoms with E-state index in [1.54, 1.807) is 6.29 Å². The Morgan fingerprint density at radius 2 is 0.868 bits per heavy atom. The van der Waals surface area contributed by atoms with Gasteiger partial charge in [-0.3, -0.25) is 62.9 Å². The molecule has 0 aromatic carbocycles. The van der Waals surface area contributed by atoms with E-state index >= 15 is 0 Å². The maximum Gasteiger partial charge on any atom is 0.245 e. The maximum atomic E-state index is 13.4. The van der Waals surface area contributed by atoms with Crippen LogP contribution in [0.2, 0.25) is 0 Å². The van der Waals surface area contributed by atoms with Crippen LogP contribution in [0.4, 0.5) is 0 Å². The number of carbonyl (C=O) groups excluding carboxylic acids is 12. The van der Waals surface area contributed by atoms with Crippen molar-refractivity contribution in [1.82, 2.24) is 58.5 Å². The third-order valence-electron chi connectivity index (χ3n) is 10.9. The molecule has 431 valence electrons. The van der Waals surface area contributed by atoms with Gasteiger partial charge < -0.3 is 96.7 Å². The highest BCUT2D eigenvalue weighted by atomic mass is 32.1. The van der Waals surface area contributed by atoms with Crippen LogP contribution in [0.3, 0.4) is 0 Å². The Bertz CT molecular complexity index is 2020. The van der Waals surface area contributed by atoms with Crippen molar-refractivity contribution in [1.29, 1.82) is 5.41 Å². The molecule has 0 aliphatic heterocycles. The van der Waals surface area contributed by atoms with Crippen molar-refractivity contribution in [2.24, 2.45) is 22.9 Å². The number of hydrogen-bond donors (Lipinski definition) is 21. The SMILES string of the molecule is C[C@H](NC(=O)[C@H](CS)NC(=O)[C@@H](NC(=O)[C@H](C)NC(=O)[C@@H](NC(=O)[C@H](CC(N)=O)NC(=O)[C@H](CS)NC(=O)[C@@H](N)CCCCN)[C@@H](C)O)[C@@H](C)O)C(=O)N[C@H](C(=O)N[C@@H](C)C(=O)N[C@H]([C]=O)CCCNC(=N)N)[C@@H](C)O. The van der Waals surface area contributed by atoms with E-state index in [-0.39, 0.29) is 31.1 Å². The second-order valence-electron chi connectivity index (χ2n) is 17.6. The van der Waals surface area contributed by atoms with E-state index in [0.717, 1.165) is 27.7 Å². The summed E-state index contributed by atoms with van der Waals surface area (Å²) in [6.07, 6.45) is -2.20. The Hall–Kier alpha value is -6.39. The topological polar surface area (TPSA) is 526 Å². The van der Waals surface area contributed by atoms with Gasteiger partial charge in [-0.25, -0.2) is 0 Å². The molecule has 0 aromatic heterocycles. The summed E-state index contributed by atoms with van der Waals surface area (Å²) in [6.45, 7) is 7.54. The number of hydrogen-bond acceptors (Lipinski definition) is 20. The van der Waals surface area contributed by atoms with Gasteiger partial charge in [0, 0.05) is 18.1 Å². The van der Waals surface area contributed by atoms with Crippen LogP contribution in [-0.4, -0.2) is 202 Å². The highest BCUT2D eigenvalue weighted by Crippen LogP contribution is 2.05. The van der Waals surface area contributed by atoms with Gasteiger partial charge in [-0.15, -0.1) is 0 Å². The maximum absolute atomic E-state index is 13.4. The minimum absolute atomic E-state index is 0.121. The number of primary amides is 1. The Labute approximate surface area is 450 Å². The van der Waals surface area contributed by atoms with Crippen LogP contribution in [0.1, 0.15) is 80.1 Å². The zero-order valence-corrected chi connectivity index (χ0v) is 44.9. The molecule has 14 atom stereocenters. The molecule has 0 aliphatic rings. The summed E-state index contributed by atoms with van der Waals surface area (Å²) in [5.74, 6) is -12.2. The lowest BCUT2D eigenvalue weighted by Gasteiger charge is -2.28. The lowest BCUT2D eigenvalue weighted by atomic mass is 10.1. The first-order valence-corrected chi connectivity index (χ1v) is 25.2. The van der Waals surface area contributed by atoms with Crippen LogP contribution in [0, 0.1) is 5.41 Å². The molecule has 0 spiro atoms. The monoisotopic (exact) mass is 1120 g/mol. The van der Waals surface area contributed by atoms with Crippen molar-refractivity contribution in [2.45, 2.75) is 165 Å². The van der Waals surface area contributed by atoms with Gasteiger partial charge in [0.05, 0.1) is 36.8 Å². The number of guanidine groups is 1. The molecule has 33 heteroatoms. The van der Waals surface area contributed by atoms with Gasteiger partial charge in [0.15, 0.2) is 5.96 Å². The molecule has 31 nitrogen and oxygen atoms in total. The summed E-state index contributed by atoms with van der Waals surface area (Å²) < 4.78 is 0. The molecule has 11 amide bonds. The zero-order valence-electron chi connectivity index (χ0n) is 43.1. The van der Waals surface area contributed by atoms with Crippen LogP contribution in [0.25, 0.3) is 0 Å². The van der Waals surface area contributed by atoms with E-state index < -0.39 is 162 Å². The number of carbonyl (C=O) groups is 11. The fraction of sp³-hybridized carbons (Fsp3) is 0.698. The number of nitrogens with two attached hydrogens (primary N) is 4. The van der Waals surface area contributed by atoms with Gasteiger partial charge in [-0.1, -0.05) is 6.42 Å². The largest absolute Gasteiger partial charge is 0.391 e. The molecule has 0 aliphatic carbocycles. The molecule has 0 aromatic rings. The van der Waals surface area contributed by atoms with Crippen molar-refractivity contribution in [3.05, 3.63) is 0 Å². The van der Waals surface area contributed by atoms with Gasteiger partial charge in [-0.05, 0) is 73.8 Å². The van der Waals surface area contributed by atoms with E-state index in [9.17, 15) is 72.9 Å². The van der Waals surface area contributed by atoms with Gasteiger partial charge in [-0.2, -0.15) is 25.3 Å². The number of thiol groups is 2. The average molecular weight is 1120 g/mol. The van der Waals surface area contributed by atoms with Gasteiger partial charge >= 0.3 is 0 Å². The second kappa shape index (κ2) is 35.8. The molecular formula is C43H77N16O15S2. The first-order chi connectivity index (χ1) is 35.4. The number of unbranched alkanes of at least 4 members (excludes halogenated alkanes) is 1. The predicted octanol–water partition coefficient (Wildman–Crippen LogP) is -9.40. The number of aliphatic hydroxyl groups is 3. The van der Waals surface area contributed by atoms with E-state index in [0.29, 0.717) is 25.8 Å². The van der Waals surface area contributed by atoms with Crippen LogP contribution < -0.4 is 81.4 Å². The van der Waals surface area contributed by atoms with Crippen molar-refractivity contribution in [3.8, 4) is 0 Å². The fourth-order valence-electron chi connectivity index (χ4n) is 6.38. The van der Waals surface area contributed by atoms with E-state index in [1.807, 2.05) is 0 Å². The van der Waals surface area contributed by atoms with Gasteiger partial charge in [0.1, 0.15) is 54.4 Å². The third-order valence-corrected chi connectivity index (χ3v) is 11.6. The highest BCUT2D eigenvalue weighted by Gasteiger charge is 2.37. The Morgan fingerprint density at radius 3 is 1.26 bits per heavy atom. The molecule has 23 N–H and O–H groups in total. The molecule has 0 heterocycles. The highest BCUT2D eigenvalue weighted by molar-refractivity contribution is 7.80. The molecule has 76 heavy (non-hydrogen) atoms. The Morgan fingerprint density at radius 1 is 0.500 bits per heavy atom. The van der Waals surface area contributed by atoms with Crippen LogP contribution >= 0.6 is 25.3 Å².